The van der Waals surface area contributed by atoms with Crippen LogP contribution in [0.4, 0.5) is 0 Å². The SMILES string of the molecule is Oc1cccc2c(-c3ccccc3)c(-c3ccccc3)c(-c3ccccc3)c(-c3ccccc3)c12. The molecule has 0 amide bonds. The Labute approximate surface area is 205 Å². The van der Waals surface area contributed by atoms with Crippen molar-refractivity contribution in [3.05, 3.63) is 140 Å². The summed E-state index contributed by atoms with van der Waals surface area (Å²) in [5.74, 6) is 0.287. The van der Waals surface area contributed by atoms with E-state index in [1.165, 1.54) is 5.56 Å². The molecule has 0 radical (unpaired) electrons. The minimum Gasteiger partial charge on any atom is -0.507 e. The van der Waals surface area contributed by atoms with Gasteiger partial charge < -0.3 is 5.11 Å². The highest BCUT2D eigenvalue weighted by Gasteiger charge is 2.25. The lowest BCUT2D eigenvalue weighted by Crippen LogP contribution is -1.97. The summed E-state index contributed by atoms with van der Waals surface area (Å²) >= 11 is 0. The van der Waals surface area contributed by atoms with Gasteiger partial charge in [0, 0.05) is 10.9 Å². The van der Waals surface area contributed by atoms with Crippen LogP contribution in [0.1, 0.15) is 0 Å². The van der Waals surface area contributed by atoms with Crippen molar-refractivity contribution in [1.29, 1.82) is 0 Å². The third-order valence-corrected chi connectivity index (χ3v) is 6.56. The monoisotopic (exact) mass is 448 g/mol. The van der Waals surface area contributed by atoms with Crippen LogP contribution in [0.3, 0.4) is 0 Å². The Hall–Kier alpha value is -4.62. The summed E-state index contributed by atoms with van der Waals surface area (Å²) in [6.45, 7) is 0. The Kier molecular flexibility index (Phi) is 5.37. The molecule has 6 aromatic rings. The van der Waals surface area contributed by atoms with Gasteiger partial charge in [0.2, 0.25) is 0 Å². The number of hydrogen-bond acceptors (Lipinski definition) is 1. The fourth-order valence-electron chi connectivity index (χ4n) is 5.11. The number of phenols is 1. The molecule has 0 aromatic heterocycles. The molecule has 1 heteroatoms. The van der Waals surface area contributed by atoms with Crippen molar-refractivity contribution in [1.82, 2.24) is 0 Å². The van der Waals surface area contributed by atoms with Gasteiger partial charge in [0.15, 0.2) is 0 Å². The zero-order valence-corrected chi connectivity index (χ0v) is 19.2. The van der Waals surface area contributed by atoms with Crippen LogP contribution in [-0.4, -0.2) is 5.11 Å². The molecule has 0 aliphatic heterocycles. The quantitative estimate of drug-likeness (QED) is 0.285. The highest BCUT2D eigenvalue weighted by atomic mass is 16.3. The van der Waals surface area contributed by atoms with Gasteiger partial charge in [0.05, 0.1) is 0 Å². The maximum absolute atomic E-state index is 11.3. The molecule has 0 fully saturated rings. The third-order valence-electron chi connectivity index (χ3n) is 6.56. The predicted octanol–water partition coefficient (Wildman–Crippen LogP) is 9.21. The van der Waals surface area contributed by atoms with Gasteiger partial charge in [-0.2, -0.15) is 0 Å². The van der Waals surface area contributed by atoms with Gasteiger partial charge in [-0.25, -0.2) is 0 Å². The molecule has 0 unspecified atom stereocenters. The van der Waals surface area contributed by atoms with Crippen molar-refractivity contribution < 1.29 is 5.11 Å². The molecule has 1 N–H and O–H groups in total. The first-order chi connectivity index (χ1) is 17.3. The first-order valence-electron chi connectivity index (χ1n) is 11.9. The summed E-state index contributed by atoms with van der Waals surface area (Å²) in [7, 11) is 0. The van der Waals surface area contributed by atoms with E-state index in [9.17, 15) is 5.11 Å². The summed E-state index contributed by atoms with van der Waals surface area (Å²) in [4.78, 5) is 0. The Morgan fingerprint density at radius 1 is 0.314 bits per heavy atom. The number of benzene rings is 6. The second-order valence-electron chi connectivity index (χ2n) is 8.66. The molecule has 6 aromatic carbocycles. The van der Waals surface area contributed by atoms with Crippen LogP contribution in [-0.2, 0) is 0 Å². The van der Waals surface area contributed by atoms with Gasteiger partial charge in [0.25, 0.3) is 0 Å². The van der Waals surface area contributed by atoms with Crippen molar-refractivity contribution in [3.63, 3.8) is 0 Å². The van der Waals surface area contributed by atoms with Crippen LogP contribution in [0, 0.1) is 0 Å². The van der Waals surface area contributed by atoms with E-state index in [1.54, 1.807) is 6.07 Å². The molecule has 6 rings (SSSR count). The zero-order chi connectivity index (χ0) is 23.6. The lowest BCUT2D eigenvalue weighted by Gasteiger charge is -2.24. The molecule has 1 nitrogen and oxygen atoms in total. The molecule has 0 saturated carbocycles. The number of hydrogen-bond donors (Lipinski definition) is 1. The third kappa shape index (κ3) is 3.68. The minimum atomic E-state index is 0.287. The summed E-state index contributed by atoms with van der Waals surface area (Å²) in [5.41, 5.74) is 8.93. The molecule has 0 spiro atoms. The van der Waals surface area contributed by atoms with Crippen LogP contribution in [0.25, 0.3) is 55.3 Å². The number of fused-ring (bicyclic) bond motifs is 1. The normalized spacial score (nSPS) is 11.0. The van der Waals surface area contributed by atoms with Crippen molar-refractivity contribution in [2.75, 3.05) is 0 Å². The lowest BCUT2D eigenvalue weighted by molar-refractivity contribution is 0.482. The zero-order valence-electron chi connectivity index (χ0n) is 19.2. The molecule has 0 bridgehead atoms. The molecule has 0 heterocycles. The maximum Gasteiger partial charge on any atom is 0.124 e. The van der Waals surface area contributed by atoms with Crippen molar-refractivity contribution in [3.8, 4) is 50.3 Å². The smallest absolute Gasteiger partial charge is 0.124 e. The standard InChI is InChI=1S/C34H24O/c35-29-23-13-22-28-30(24-14-5-1-6-15-24)31(25-16-7-2-8-17-25)32(26-18-9-3-10-19-26)33(34(28)29)27-20-11-4-12-21-27/h1-23,35H. The van der Waals surface area contributed by atoms with Gasteiger partial charge in [0.1, 0.15) is 5.75 Å². The number of aromatic hydroxyl groups is 1. The molecular weight excluding hydrogens is 424 g/mol. The van der Waals surface area contributed by atoms with Gasteiger partial charge in [-0.1, -0.05) is 133 Å². The van der Waals surface area contributed by atoms with E-state index >= 15 is 0 Å². The second-order valence-corrected chi connectivity index (χ2v) is 8.66. The Morgan fingerprint density at radius 2 is 0.686 bits per heavy atom. The first-order valence-corrected chi connectivity index (χ1v) is 11.9. The van der Waals surface area contributed by atoms with E-state index in [1.807, 2.05) is 24.3 Å². The number of rotatable bonds is 4. The van der Waals surface area contributed by atoms with Crippen LogP contribution in [0.15, 0.2) is 140 Å². The van der Waals surface area contributed by atoms with E-state index in [2.05, 4.69) is 109 Å². The topological polar surface area (TPSA) is 20.2 Å². The van der Waals surface area contributed by atoms with E-state index in [-0.39, 0.29) is 5.75 Å². The summed E-state index contributed by atoms with van der Waals surface area (Å²) in [6, 6.07) is 47.9. The van der Waals surface area contributed by atoms with Crippen LogP contribution < -0.4 is 0 Å². The number of phenolic OH excluding ortho intramolecular Hbond substituents is 1. The lowest BCUT2D eigenvalue weighted by atomic mass is 9.79. The first kappa shape index (κ1) is 20.9. The Morgan fingerprint density at radius 3 is 1.14 bits per heavy atom. The van der Waals surface area contributed by atoms with Crippen LogP contribution >= 0.6 is 0 Å². The van der Waals surface area contributed by atoms with Crippen molar-refractivity contribution in [2.45, 2.75) is 0 Å². The van der Waals surface area contributed by atoms with Gasteiger partial charge >= 0.3 is 0 Å². The molecule has 0 atom stereocenters. The summed E-state index contributed by atoms with van der Waals surface area (Å²) in [6.07, 6.45) is 0. The van der Waals surface area contributed by atoms with Crippen LogP contribution in [0.5, 0.6) is 5.75 Å². The molecule has 0 saturated heterocycles. The molecule has 0 aliphatic rings. The highest BCUT2D eigenvalue weighted by Crippen LogP contribution is 2.52. The average Bonchev–Trinajstić information content (AvgIpc) is 2.94. The van der Waals surface area contributed by atoms with E-state index in [0.29, 0.717) is 0 Å². The van der Waals surface area contributed by atoms with E-state index in [0.717, 1.165) is 49.7 Å². The Bertz CT molecular complexity index is 1600. The minimum absolute atomic E-state index is 0.287. The highest BCUT2D eigenvalue weighted by molar-refractivity contribution is 6.19. The largest absolute Gasteiger partial charge is 0.507 e. The summed E-state index contributed by atoms with van der Waals surface area (Å²) < 4.78 is 0. The van der Waals surface area contributed by atoms with Gasteiger partial charge in [-0.3, -0.25) is 0 Å². The van der Waals surface area contributed by atoms with Gasteiger partial charge in [-0.05, 0) is 50.4 Å². The van der Waals surface area contributed by atoms with Crippen molar-refractivity contribution >= 4 is 10.8 Å². The van der Waals surface area contributed by atoms with Gasteiger partial charge in [-0.15, -0.1) is 0 Å². The van der Waals surface area contributed by atoms with Crippen LogP contribution in [0.2, 0.25) is 0 Å². The molecular formula is C34H24O. The average molecular weight is 449 g/mol. The van der Waals surface area contributed by atoms with Crippen molar-refractivity contribution in [2.24, 2.45) is 0 Å². The summed E-state index contributed by atoms with van der Waals surface area (Å²) in [5, 5.41) is 13.2. The molecule has 166 valence electrons. The fourth-order valence-corrected chi connectivity index (χ4v) is 5.11. The molecule has 35 heavy (non-hydrogen) atoms. The predicted molar refractivity (Wildman–Crippen MR) is 147 cm³/mol. The van der Waals surface area contributed by atoms with E-state index < -0.39 is 0 Å². The molecule has 0 aliphatic carbocycles. The Balaban J connectivity index is 1.93. The van der Waals surface area contributed by atoms with E-state index in [4.69, 9.17) is 0 Å². The maximum atomic E-state index is 11.3. The second kappa shape index (κ2) is 8.96. The fraction of sp³-hybridized carbons (Fsp3) is 0.